The average Bonchev–Trinajstić information content (AvgIpc) is 3.22. The van der Waals surface area contributed by atoms with E-state index in [9.17, 15) is 9.18 Å². The molecule has 0 spiro atoms. The molecule has 0 unspecified atom stereocenters. The van der Waals surface area contributed by atoms with Crippen molar-refractivity contribution in [2.45, 2.75) is 32.4 Å². The van der Waals surface area contributed by atoms with Crippen LogP contribution in [-0.2, 0) is 5.54 Å². The number of piperidine rings is 1. The first-order chi connectivity index (χ1) is 18.2. The molecule has 2 N–H and O–H groups in total. The minimum Gasteiger partial charge on any atom is -0.474 e. The number of halogens is 1. The van der Waals surface area contributed by atoms with E-state index in [4.69, 9.17) is 15.5 Å². The number of ether oxygens (including phenoxy) is 1. The molecule has 3 atom stereocenters. The van der Waals surface area contributed by atoms with E-state index in [2.05, 4.69) is 9.97 Å². The van der Waals surface area contributed by atoms with E-state index in [1.54, 1.807) is 18.3 Å². The first-order valence-corrected chi connectivity index (χ1v) is 13.4. The largest absolute Gasteiger partial charge is 0.474 e. The number of thiazole rings is 1. The summed E-state index contributed by atoms with van der Waals surface area (Å²) >= 11 is 1.39. The van der Waals surface area contributed by atoms with Gasteiger partial charge in [0.05, 0.1) is 17.1 Å². The number of aromatic nitrogens is 3. The Balaban J connectivity index is 1.16. The van der Waals surface area contributed by atoms with Crippen LogP contribution in [0.2, 0.25) is 0 Å². The molecule has 9 heteroatoms. The maximum atomic E-state index is 13.5. The number of carbonyl (C=O) groups excluding carboxylic acids is 1. The highest BCUT2D eigenvalue weighted by molar-refractivity contribution is 7.17. The summed E-state index contributed by atoms with van der Waals surface area (Å²) in [5.41, 5.74) is 9.66. The van der Waals surface area contributed by atoms with E-state index in [0.717, 1.165) is 27.5 Å². The molecule has 38 heavy (non-hydrogen) atoms. The maximum Gasteiger partial charge on any atom is 0.265 e. The number of aryl methyl sites for hydroxylation is 1. The molecule has 7 nitrogen and oxygen atoms in total. The fraction of sp³-hybridized carbons (Fsp3) is 0.310. The zero-order valence-corrected chi connectivity index (χ0v) is 22.2. The number of hydrogen-bond acceptors (Lipinski definition) is 7. The lowest BCUT2D eigenvalue weighted by molar-refractivity contribution is 0.0755. The quantitative estimate of drug-likeness (QED) is 0.375. The lowest BCUT2D eigenvalue weighted by Gasteiger charge is -2.22. The number of fused-ring (bicyclic) bond motifs is 1. The normalized spacial score (nSPS) is 20.3. The number of amides is 1. The lowest BCUT2D eigenvalue weighted by atomic mass is 9.95. The summed E-state index contributed by atoms with van der Waals surface area (Å²) in [4.78, 5) is 29.5. The van der Waals surface area contributed by atoms with Crippen molar-refractivity contribution in [2.75, 3.05) is 13.1 Å². The lowest BCUT2D eigenvalue weighted by Crippen LogP contribution is -2.33. The number of nitrogens with two attached hydrogens (primary N) is 1. The predicted molar refractivity (Wildman–Crippen MR) is 144 cm³/mol. The van der Waals surface area contributed by atoms with Crippen LogP contribution in [0.3, 0.4) is 0 Å². The van der Waals surface area contributed by atoms with Crippen LogP contribution in [0.5, 0.6) is 5.88 Å². The summed E-state index contributed by atoms with van der Waals surface area (Å²) in [6.45, 7) is 7.00. The first kappa shape index (κ1) is 24.6. The van der Waals surface area contributed by atoms with Crippen molar-refractivity contribution in [2.24, 2.45) is 17.6 Å². The summed E-state index contributed by atoms with van der Waals surface area (Å²) < 4.78 is 19.8. The Bertz CT molecular complexity index is 1490. The van der Waals surface area contributed by atoms with E-state index in [0.29, 0.717) is 29.5 Å². The summed E-state index contributed by atoms with van der Waals surface area (Å²) in [5, 5.41) is 0.753. The molecule has 4 aromatic rings. The third-order valence-corrected chi connectivity index (χ3v) is 8.39. The predicted octanol–water partition coefficient (Wildman–Crippen LogP) is 5.06. The van der Waals surface area contributed by atoms with Crippen molar-refractivity contribution in [3.05, 3.63) is 82.7 Å². The zero-order valence-electron chi connectivity index (χ0n) is 21.4. The highest BCUT2D eigenvalue weighted by Gasteiger charge is 2.59. The van der Waals surface area contributed by atoms with Gasteiger partial charge < -0.3 is 15.4 Å². The molecule has 1 aliphatic carbocycles. The summed E-state index contributed by atoms with van der Waals surface area (Å²) in [6, 6.07) is 15.7. The van der Waals surface area contributed by atoms with E-state index >= 15 is 0 Å². The maximum absolute atomic E-state index is 13.5. The Morgan fingerprint density at radius 2 is 1.82 bits per heavy atom. The minimum absolute atomic E-state index is 0.00427. The third-order valence-electron chi connectivity index (χ3n) is 7.22. The molecule has 0 bridgehead atoms. The molecule has 6 rings (SSSR count). The second-order valence-corrected chi connectivity index (χ2v) is 11.6. The van der Waals surface area contributed by atoms with Crippen LogP contribution in [0.1, 0.15) is 34.8 Å². The van der Waals surface area contributed by atoms with E-state index in [1.165, 1.54) is 23.5 Å². The molecule has 194 valence electrons. The summed E-state index contributed by atoms with van der Waals surface area (Å²) in [6.07, 6.45) is 1.72. The van der Waals surface area contributed by atoms with Crippen LogP contribution in [0, 0.1) is 24.6 Å². The molecular weight excluding hydrogens is 501 g/mol. The van der Waals surface area contributed by atoms with Gasteiger partial charge in [0, 0.05) is 48.3 Å². The van der Waals surface area contributed by atoms with Gasteiger partial charge in [-0.25, -0.2) is 14.4 Å². The molecule has 4 heterocycles. The van der Waals surface area contributed by atoms with Gasteiger partial charge in [-0.3, -0.25) is 9.78 Å². The van der Waals surface area contributed by atoms with Crippen molar-refractivity contribution in [1.82, 2.24) is 19.9 Å². The smallest absolute Gasteiger partial charge is 0.265 e. The van der Waals surface area contributed by atoms with Crippen LogP contribution in [0.15, 0.2) is 60.8 Å². The second kappa shape index (κ2) is 9.25. The Hall–Kier alpha value is -3.69. The van der Waals surface area contributed by atoms with Crippen LogP contribution in [0.4, 0.5) is 4.39 Å². The number of likely N-dealkylation sites (tertiary alicyclic amines) is 1. The van der Waals surface area contributed by atoms with Gasteiger partial charge in [-0.05, 0) is 68.8 Å². The molecule has 0 radical (unpaired) electrons. The van der Waals surface area contributed by atoms with Gasteiger partial charge in [-0.15, -0.1) is 11.3 Å². The van der Waals surface area contributed by atoms with Crippen LogP contribution in [0.25, 0.3) is 22.0 Å². The minimum atomic E-state index is -0.598. The first-order valence-electron chi connectivity index (χ1n) is 12.6. The summed E-state index contributed by atoms with van der Waals surface area (Å²) in [5.74, 6) is 0.723. The molecule has 1 amide bonds. The van der Waals surface area contributed by atoms with Crippen LogP contribution in [-0.4, -0.2) is 45.0 Å². The van der Waals surface area contributed by atoms with E-state index in [1.807, 2.05) is 56.0 Å². The molecule has 1 aromatic carbocycles. The Labute approximate surface area is 224 Å². The molecule has 1 saturated heterocycles. The number of rotatable bonds is 6. The number of hydrogen-bond donors (Lipinski definition) is 1. The Morgan fingerprint density at radius 3 is 2.47 bits per heavy atom. The highest BCUT2D eigenvalue weighted by atomic mass is 32.1. The van der Waals surface area contributed by atoms with Crippen molar-refractivity contribution < 1.29 is 13.9 Å². The van der Waals surface area contributed by atoms with Gasteiger partial charge in [0.15, 0.2) is 0 Å². The topological polar surface area (TPSA) is 94.2 Å². The fourth-order valence-corrected chi connectivity index (χ4v) is 6.01. The van der Waals surface area contributed by atoms with Crippen molar-refractivity contribution >= 4 is 17.2 Å². The fourth-order valence-electron chi connectivity index (χ4n) is 5.00. The molecule has 2 aliphatic rings. The Morgan fingerprint density at radius 1 is 1.08 bits per heavy atom. The van der Waals surface area contributed by atoms with Gasteiger partial charge in [0.2, 0.25) is 5.88 Å². The Kier molecular flexibility index (Phi) is 6.00. The number of nitrogens with zero attached hydrogens (tertiary/aromatic N) is 4. The SMILES string of the molecule is Cc1nc(-c2ccccn2)sc1C(=O)N1C[C@@H]2[C@H](C1)[C@@H]2Oc1cc(C(C)(C)N)cc(-c2ccc(F)cc2)n1. The van der Waals surface area contributed by atoms with Crippen LogP contribution >= 0.6 is 11.3 Å². The molecular formula is C29H28FN5O2S. The number of pyridine rings is 2. The van der Waals surface area contributed by atoms with Crippen molar-refractivity contribution in [3.63, 3.8) is 0 Å². The highest BCUT2D eigenvalue weighted by Crippen LogP contribution is 2.48. The molecule has 3 aromatic heterocycles. The van der Waals surface area contributed by atoms with Gasteiger partial charge in [0.25, 0.3) is 5.91 Å². The monoisotopic (exact) mass is 529 g/mol. The summed E-state index contributed by atoms with van der Waals surface area (Å²) in [7, 11) is 0. The molecule has 1 saturated carbocycles. The van der Waals surface area contributed by atoms with Gasteiger partial charge in [0.1, 0.15) is 21.8 Å². The van der Waals surface area contributed by atoms with Gasteiger partial charge >= 0.3 is 0 Å². The van der Waals surface area contributed by atoms with E-state index < -0.39 is 5.54 Å². The number of benzene rings is 1. The van der Waals surface area contributed by atoms with E-state index in [-0.39, 0.29) is 29.7 Å². The van der Waals surface area contributed by atoms with Gasteiger partial charge in [-0.2, -0.15) is 0 Å². The third kappa shape index (κ3) is 4.68. The van der Waals surface area contributed by atoms with Crippen molar-refractivity contribution in [1.29, 1.82) is 0 Å². The molecule has 2 fully saturated rings. The van der Waals surface area contributed by atoms with Crippen LogP contribution < -0.4 is 10.5 Å². The zero-order chi connectivity index (χ0) is 26.6. The number of carbonyl (C=O) groups is 1. The molecule has 1 aliphatic heterocycles. The second-order valence-electron chi connectivity index (χ2n) is 10.6. The van der Waals surface area contributed by atoms with Gasteiger partial charge in [-0.1, -0.05) is 6.07 Å². The average molecular weight is 530 g/mol. The standard InChI is InChI=1S/C29H28FN5O2S/c1-16-26(38-27(33-16)22-6-4-5-11-32-22)28(36)35-14-20-21(15-35)25(20)37-24-13-18(29(2,3)31)12-23(34-24)17-7-9-19(30)10-8-17/h4-13,20-21,25H,14-15,31H2,1-3H3/t20-,21+,25-. The van der Waals surface area contributed by atoms with Crippen molar-refractivity contribution in [3.8, 4) is 27.8 Å².